The van der Waals surface area contributed by atoms with Crippen LogP contribution in [0, 0.1) is 0 Å². The fourth-order valence-electron chi connectivity index (χ4n) is 2.49. The lowest BCUT2D eigenvalue weighted by molar-refractivity contribution is -0.134. The summed E-state index contributed by atoms with van der Waals surface area (Å²) in [5.74, 6) is -0.0762. The minimum atomic E-state index is -0.409. The highest BCUT2D eigenvalue weighted by molar-refractivity contribution is 5.85. The summed E-state index contributed by atoms with van der Waals surface area (Å²) in [6.45, 7) is 3.91. The average Bonchev–Trinajstić information content (AvgIpc) is 3.10. The summed E-state index contributed by atoms with van der Waals surface area (Å²) in [6.07, 6.45) is 4.98. The van der Waals surface area contributed by atoms with Crippen molar-refractivity contribution in [2.24, 2.45) is 0 Å². The van der Waals surface area contributed by atoms with E-state index in [-0.39, 0.29) is 36.8 Å². The molecule has 1 aliphatic heterocycles. The summed E-state index contributed by atoms with van der Waals surface area (Å²) < 4.78 is 7.41. The Labute approximate surface area is 153 Å². The van der Waals surface area contributed by atoms with Crippen LogP contribution < -0.4 is 10.6 Å². The van der Waals surface area contributed by atoms with Crippen LogP contribution in [0.15, 0.2) is 43.0 Å². The Balaban J connectivity index is 0.00000144. The van der Waals surface area contributed by atoms with Crippen LogP contribution >= 0.6 is 24.8 Å². The minimum Gasteiger partial charge on any atom is -0.366 e. The molecule has 0 aliphatic carbocycles. The number of benzene rings is 1. The molecule has 6 nitrogen and oxygen atoms in total. The van der Waals surface area contributed by atoms with Gasteiger partial charge in [-0.15, -0.1) is 24.8 Å². The van der Waals surface area contributed by atoms with Crippen LogP contribution in [0.4, 0.5) is 0 Å². The van der Waals surface area contributed by atoms with Gasteiger partial charge in [-0.1, -0.05) is 12.1 Å². The fourth-order valence-corrected chi connectivity index (χ4v) is 2.49. The molecule has 24 heavy (non-hydrogen) atoms. The van der Waals surface area contributed by atoms with Crippen LogP contribution in [-0.2, 0) is 9.53 Å². The number of hydrogen-bond donors (Lipinski definition) is 2. The molecule has 1 fully saturated rings. The SMILES string of the molecule is CC(NC(=O)C1CNCCO1)c1cccc(-n2ccnc2)c1.Cl.Cl. The van der Waals surface area contributed by atoms with Gasteiger partial charge in [0.05, 0.1) is 19.0 Å². The van der Waals surface area contributed by atoms with Crippen molar-refractivity contribution in [1.82, 2.24) is 20.2 Å². The van der Waals surface area contributed by atoms with E-state index in [0.717, 1.165) is 17.8 Å². The molecule has 2 unspecified atom stereocenters. The molecule has 0 spiro atoms. The van der Waals surface area contributed by atoms with Gasteiger partial charge in [0.2, 0.25) is 0 Å². The maximum atomic E-state index is 12.2. The van der Waals surface area contributed by atoms with Crippen LogP contribution in [0.25, 0.3) is 5.69 Å². The summed E-state index contributed by atoms with van der Waals surface area (Å²) >= 11 is 0. The highest BCUT2D eigenvalue weighted by atomic mass is 35.5. The van der Waals surface area contributed by atoms with Gasteiger partial charge in [0, 0.05) is 31.2 Å². The standard InChI is InChI=1S/C16H20N4O2.2ClH/c1-12(19-16(21)15-10-17-6-8-22-15)13-3-2-4-14(9-13)20-7-5-18-11-20;;/h2-5,7,9,11-12,15,17H,6,8,10H2,1H3,(H,19,21);2*1H. The first-order chi connectivity index (χ1) is 10.7. The van der Waals surface area contributed by atoms with Gasteiger partial charge in [-0.2, -0.15) is 0 Å². The second-order valence-corrected chi connectivity index (χ2v) is 5.36. The van der Waals surface area contributed by atoms with E-state index in [1.165, 1.54) is 0 Å². The number of halogens is 2. The predicted octanol–water partition coefficient (Wildman–Crippen LogP) is 1.88. The Kier molecular flexibility index (Phi) is 8.21. The quantitative estimate of drug-likeness (QED) is 0.859. The third kappa shape index (κ3) is 4.95. The molecule has 1 amide bonds. The van der Waals surface area contributed by atoms with Crippen molar-refractivity contribution in [3.05, 3.63) is 48.5 Å². The van der Waals surface area contributed by atoms with Gasteiger partial charge in [-0.3, -0.25) is 4.79 Å². The number of nitrogens with zero attached hydrogens (tertiary/aromatic N) is 2. The molecule has 1 aromatic heterocycles. The van der Waals surface area contributed by atoms with Gasteiger partial charge in [0.15, 0.2) is 0 Å². The molecule has 0 bridgehead atoms. The molecule has 2 aromatic rings. The lowest BCUT2D eigenvalue weighted by Crippen LogP contribution is -2.48. The lowest BCUT2D eigenvalue weighted by atomic mass is 10.1. The molecule has 3 rings (SSSR count). The Morgan fingerprint density at radius 2 is 2.29 bits per heavy atom. The van der Waals surface area contributed by atoms with Crippen molar-refractivity contribution in [3.63, 3.8) is 0 Å². The largest absolute Gasteiger partial charge is 0.366 e. The first-order valence-corrected chi connectivity index (χ1v) is 7.45. The van der Waals surface area contributed by atoms with E-state index in [4.69, 9.17) is 4.74 Å². The third-order valence-corrected chi connectivity index (χ3v) is 3.75. The maximum absolute atomic E-state index is 12.2. The molecule has 2 N–H and O–H groups in total. The topological polar surface area (TPSA) is 68.2 Å². The molecule has 1 aromatic carbocycles. The van der Waals surface area contributed by atoms with Crippen molar-refractivity contribution in [3.8, 4) is 5.69 Å². The number of carbonyl (C=O) groups excluding carboxylic acids is 1. The zero-order valence-electron chi connectivity index (χ0n) is 13.3. The number of morpholine rings is 1. The number of aromatic nitrogens is 2. The van der Waals surface area contributed by atoms with Crippen LogP contribution in [0.2, 0.25) is 0 Å². The smallest absolute Gasteiger partial charge is 0.250 e. The Morgan fingerprint density at radius 3 is 2.96 bits per heavy atom. The minimum absolute atomic E-state index is 0. The van der Waals surface area contributed by atoms with Crippen molar-refractivity contribution < 1.29 is 9.53 Å². The first-order valence-electron chi connectivity index (χ1n) is 7.45. The van der Waals surface area contributed by atoms with Gasteiger partial charge >= 0.3 is 0 Å². The van der Waals surface area contributed by atoms with E-state index in [2.05, 4.69) is 15.6 Å². The molecule has 1 saturated heterocycles. The van der Waals surface area contributed by atoms with Crippen molar-refractivity contribution in [2.45, 2.75) is 19.1 Å². The highest BCUT2D eigenvalue weighted by Gasteiger charge is 2.23. The lowest BCUT2D eigenvalue weighted by Gasteiger charge is -2.24. The number of rotatable bonds is 4. The first kappa shape index (κ1) is 20.4. The van der Waals surface area contributed by atoms with Crippen LogP contribution in [0.3, 0.4) is 0 Å². The van der Waals surface area contributed by atoms with Crippen molar-refractivity contribution in [1.29, 1.82) is 0 Å². The maximum Gasteiger partial charge on any atom is 0.250 e. The molecule has 0 radical (unpaired) electrons. The number of hydrogen-bond acceptors (Lipinski definition) is 4. The number of nitrogens with one attached hydrogen (secondary N) is 2. The molecule has 8 heteroatoms. The molecule has 2 heterocycles. The van der Waals surface area contributed by atoms with Crippen molar-refractivity contribution in [2.75, 3.05) is 19.7 Å². The predicted molar refractivity (Wildman–Crippen MR) is 97.2 cm³/mol. The number of ether oxygens (including phenoxy) is 1. The van der Waals surface area contributed by atoms with E-state index < -0.39 is 6.10 Å². The Bertz CT molecular complexity index is 631. The van der Waals surface area contributed by atoms with E-state index in [1.54, 1.807) is 12.5 Å². The van der Waals surface area contributed by atoms with Gasteiger partial charge < -0.3 is 19.9 Å². The molecule has 2 atom stereocenters. The Morgan fingerprint density at radius 1 is 1.46 bits per heavy atom. The molecular formula is C16H22Cl2N4O2. The molecule has 132 valence electrons. The fraction of sp³-hybridized carbons (Fsp3) is 0.375. The van der Waals surface area contributed by atoms with Crippen LogP contribution in [0.5, 0.6) is 0 Å². The van der Waals surface area contributed by atoms with Gasteiger partial charge in [0.25, 0.3) is 5.91 Å². The zero-order valence-corrected chi connectivity index (χ0v) is 15.0. The summed E-state index contributed by atoms with van der Waals surface area (Å²) in [6, 6.07) is 7.96. The Hall–Kier alpha value is -1.60. The molecule has 0 saturated carbocycles. The molecular weight excluding hydrogens is 351 g/mol. The van der Waals surface area contributed by atoms with E-state index in [0.29, 0.717) is 13.2 Å². The van der Waals surface area contributed by atoms with E-state index in [9.17, 15) is 4.79 Å². The summed E-state index contributed by atoms with van der Waals surface area (Å²) in [4.78, 5) is 16.3. The average molecular weight is 373 g/mol. The molecule has 1 aliphatic rings. The second-order valence-electron chi connectivity index (χ2n) is 5.36. The van der Waals surface area contributed by atoms with E-state index >= 15 is 0 Å². The van der Waals surface area contributed by atoms with Crippen molar-refractivity contribution >= 4 is 30.7 Å². The van der Waals surface area contributed by atoms with E-state index in [1.807, 2.05) is 42.0 Å². The number of imidazole rings is 1. The van der Waals surface area contributed by atoms with Gasteiger partial charge in [-0.05, 0) is 24.6 Å². The monoisotopic (exact) mass is 372 g/mol. The zero-order chi connectivity index (χ0) is 15.4. The summed E-state index contributed by atoms with van der Waals surface area (Å²) in [7, 11) is 0. The number of carbonyl (C=O) groups is 1. The summed E-state index contributed by atoms with van der Waals surface area (Å²) in [5.41, 5.74) is 2.06. The van der Waals surface area contributed by atoms with Gasteiger partial charge in [-0.25, -0.2) is 4.98 Å². The second kappa shape index (κ2) is 9.64. The van der Waals surface area contributed by atoms with Crippen LogP contribution in [-0.4, -0.2) is 41.3 Å². The number of amides is 1. The normalized spacial score (nSPS) is 18.0. The highest BCUT2D eigenvalue weighted by Crippen LogP contribution is 2.17. The van der Waals surface area contributed by atoms with Gasteiger partial charge in [0.1, 0.15) is 6.10 Å². The summed E-state index contributed by atoms with van der Waals surface area (Å²) in [5, 5.41) is 6.17. The third-order valence-electron chi connectivity index (χ3n) is 3.75. The van der Waals surface area contributed by atoms with Crippen LogP contribution in [0.1, 0.15) is 18.5 Å².